The molecule has 0 bridgehead atoms. The highest BCUT2D eigenvalue weighted by Gasteiger charge is 2.24. The third-order valence-electron chi connectivity index (χ3n) is 4.77. The van der Waals surface area contributed by atoms with Crippen molar-refractivity contribution in [2.45, 2.75) is 13.5 Å². The van der Waals surface area contributed by atoms with E-state index in [2.05, 4.69) is 20.2 Å². The second-order valence-corrected chi connectivity index (χ2v) is 9.19. The van der Waals surface area contributed by atoms with Gasteiger partial charge in [-0.15, -0.1) is 0 Å². The van der Waals surface area contributed by atoms with Crippen LogP contribution in [-0.4, -0.2) is 58.2 Å². The Morgan fingerprint density at radius 3 is 2.64 bits per heavy atom. The van der Waals surface area contributed by atoms with Crippen molar-refractivity contribution in [2.24, 2.45) is 0 Å². The van der Waals surface area contributed by atoms with Crippen molar-refractivity contribution in [3.05, 3.63) is 59.8 Å². The quantitative estimate of drug-likeness (QED) is 0.715. The predicted molar refractivity (Wildman–Crippen MR) is 106 cm³/mol. The Morgan fingerprint density at radius 2 is 1.89 bits per heavy atom. The lowest BCUT2D eigenvalue weighted by atomic mass is 10.3. The second-order valence-electron chi connectivity index (χ2n) is 6.88. The van der Waals surface area contributed by atoms with E-state index in [9.17, 15) is 13.2 Å². The maximum absolute atomic E-state index is 12.8. The molecule has 1 saturated heterocycles. The van der Waals surface area contributed by atoms with Gasteiger partial charge in [0.15, 0.2) is 9.84 Å². The Kier molecular flexibility index (Phi) is 4.86. The summed E-state index contributed by atoms with van der Waals surface area (Å²) in [5, 5.41) is 2.79. The zero-order valence-corrected chi connectivity index (χ0v) is 16.3. The molecule has 8 nitrogen and oxygen atoms in total. The predicted octanol–water partition coefficient (Wildman–Crippen LogP) is 1.52. The third kappa shape index (κ3) is 3.90. The molecule has 0 unspecified atom stereocenters. The number of anilines is 1. The lowest BCUT2D eigenvalue weighted by molar-refractivity contribution is 0.101. The van der Waals surface area contributed by atoms with Crippen LogP contribution < -0.4 is 5.32 Å². The van der Waals surface area contributed by atoms with Gasteiger partial charge in [-0.2, -0.15) is 0 Å². The van der Waals surface area contributed by atoms with Crippen molar-refractivity contribution in [2.75, 3.05) is 29.9 Å². The standard InChI is InChI=1S/C19H21N5O3S/c1-14-5-4-7-17(20-14)22-19(25)18-21-15(16-6-2-3-8-24(16)18)13-23-9-11-28(26,27)12-10-23/h2-8H,9-13H2,1H3,(H,20,22,25). The fourth-order valence-corrected chi connectivity index (χ4v) is 4.56. The molecule has 3 aromatic rings. The largest absolute Gasteiger partial charge is 0.304 e. The highest BCUT2D eigenvalue weighted by Crippen LogP contribution is 2.18. The topological polar surface area (TPSA) is 96.7 Å². The molecule has 0 radical (unpaired) electrons. The van der Waals surface area contributed by atoms with Gasteiger partial charge in [0.1, 0.15) is 5.82 Å². The van der Waals surface area contributed by atoms with E-state index in [-0.39, 0.29) is 23.2 Å². The number of nitrogens with one attached hydrogen (secondary N) is 1. The summed E-state index contributed by atoms with van der Waals surface area (Å²) in [7, 11) is -2.94. The van der Waals surface area contributed by atoms with Crippen molar-refractivity contribution in [1.29, 1.82) is 0 Å². The molecule has 1 aliphatic heterocycles. The first-order chi connectivity index (χ1) is 13.4. The zero-order valence-electron chi connectivity index (χ0n) is 15.5. The summed E-state index contributed by atoms with van der Waals surface area (Å²) in [4.78, 5) is 23.7. The van der Waals surface area contributed by atoms with Gasteiger partial charge >= 0.3 is 0 Å². The molecular weight excluding hydrogens is 378 g/mol. The molecule has 4 heterocycles. The van der Waals surface area contributed by atoms with Crippen LogP contribution in [0.25, 0.3) is 5.52 Å². The van der Waals surface area contributed by atoms with E-state index >= 15 is 0 Å². The SMILES string of the molecule is Cc1cccc(NC(=O)c2nc(CN3CCS(=O)(=O)CC3)c3ccccn23)n1. The summed E-state index contributed by atoms with van der Waals surface area (Å²) in [5.74, 6) is 0.724. The molecule has 1 N–H and O–H groups in total. The number of aromatic nitrogens is 3. The molecular formula is C19H21N5O3S. The summed E-state index contributed by atoms with van der Waals surface area (Å²) in [5.41, 5.74) is 2.40. The van der Waals surface area contributed by atoms with Crippen LogP contribution in [0.1, 0.15) is 22.0 Å². The molecule has 0 spiro atoms. The fourth-order valence-electron chi connectivity index (χ4n) is 3.28. The smallest absolute Gasteiger partial charge is 0.293 e. The number of pyridine rings is 2. The maximum Gasteiger partial charge on any atom is 0.293 e. The second kappa shape index (κ2) is 7.33. The molecule has 0 saturated carbocycles. The highest BCUT2D eigenvalue weighted by molar-refractivity contribution is 7.91. The first-order valence-corrected chi connectivity index (χ1v) is 10.9. The van der Waals surface area contributed by atoms with Gasteiger partial charge in [0.25, 0.3) is 5.91 Å². The van der Waals surface area contributed by atoms with Gasteiger partial charge in [0.2, 0.25) is 5.82 Å². The van der Waals surface area contributed by atoms with Crippen LogP contribution in [0.5, 0.6) is 0 Å². The Morgan fingerprint density at radius 1 is 1.11 bits per heavy atom. The first kappa shape index (κ1) is 18.6. The van der Waals surface area contributed by atoms with E-state index < -0.39 is 9.84 Å². The minimum absolute atomic E-state index is 0.158. The van der Waals surface area contributed by atoms with Crippen molar-refractivity contribution in [3.63, 3.8) is 0 Å². The Bertz CT molecular complexity index is 1130. The molecule has 28 heavy (non-hydrogen) atoms. The summed E-state index contributed by atoms with van der Waals surface area (Å²) in [6.07, 6.45) is 1.80. The Balaban J connectivity index is 1.60. The zero-order chi connectivity index (χ0) is 19.7. The van der Waals surface area contributed by atoms with Gasteiger partial charge < -0.3 is 5.32 Å². The van der Waals surface area contributed by atoms with E-state index in [1.807, 2.05) is 37.3 Å². The lowest BCUT2D eigenvalue weighted by Gasteiger charge is -2.25. The molecule has 3 aromatic heterocycles. The van der Waals surface area contributed by atoms with Gasteiger partial charge in [-0.25, -0.2) is 18.4 Å². The molecule has 0 atom stereocenters. The molecule has 9 heteroatoms. The normalized spacial score (nSPS) is 16.9. The average Bonchev–Trinajstić information content (AvgIpc) is 3.02. The molecule has 1 fully saturated rings. The number of fused-ring (bicyclic) bond motifs is 1. The monoisotopic (exact) mass is 399 g/mol. The van der Waals surface area contributed by atoms with E-state index in [4.69, 9.17) is 0 Å². The minimum atomic E-state index is -2.94. The Hall–Kier alpha value is -2.78. The van der Waals surface area contributed by atoms with Gasteiger partial charge in [-0.05, 0) is 31.2 Å². The molecule has 146 valence electrons. The lowest BCUT2D eigenvalue weighted by Crippen LogP contribution is -2.39. The van der Waals surface area contributed by atoms with E-state index in [0.717, 1.165) is 16.9 Å². The number of hydrogen-bond donors (Lipinski definition) is 1. The maximum atomic E-state index is 12.8. The molecule has 1 aliphatic rings. The highest BCUT2D eigenvalue weighted by atomic mass is 32.2. The van der Waals surface area contributed by atoms with Crippen molar-refractivity contribution >= 4 is 27.1 Å². The van der Waals surface area contributed by atoms with Crippen molar-refractivity contribution < 1.29 is 13.2 Å². The van der Waals surface area contributed by atoms with Crippen LogP contribution in [0.2, 0.25) is 0 Å². The number of aryl methyl sites for hydroxylation is 1. The van der Waals surface area contributed by atoms with Crippen LogP contribution in [0.15, 0.2) is 42.6 Å². The molecule has 0 aromatic carbocycles. The summed E-state index contributed by atoms with van der Waals surface area (Å²) in [6.45, 7) is 3.31. The van der Waals surface area contributed by atoms with Crippen LogP contribution in [-0.2, 0) is 16.4 Å². The Labute approximate surface area is 163 Å². The van der Waals surface area contributed by atoms with E-state index in [1.165, 1.54) is 0 Å². The number of amides is 1. The van der Waals surface area contributed by atoms with Crippen molar-refractivity contribution in [1.82, 2.24) is 19.3 Å². The summed E-state index contributed by atoms with van der Waals surface area (Å²) in [6, 6.07) is 11.1. The minimum Gasteiger partial charge on any atom is -0.304 e. The van der Waals surface area contributed by atoms with Gasteiger partial charge in [0.05, 0.1) is 22.7 Å². The molecule has 4 rings (SSSR count). The van der Waals surface area contributed by atoms with Crippen LogP contribution >= 0.6 is 0 Å². The number of rotatable bonds is 4. The van der Waals surface area contributed by atoms with Gasteiger partial charge in [-0.3, -0.25) is 14.1 Å². The first-order valence-electron chi connectivity index (χ1n) is 9.05. The van der Waals surface area contributed by atoms with Gasteiger partial charge in [0, 0.05) is 31.5 Å². The van der Waals surface area contributed by atoms with E-state index in [0.29, 0.717) is 25.5 Å². The number of imidazole rings is 1. The summed E-state index contributed by atoms with van der Waals surface area (Å²) >= 11 is 0. The molecule has 1 amide bonds. The number of carbonyl (C=O) groups excluding carboxylic acids is 1. The number of hydrogen-bond acceptors (Lipinski definition) is 6. The molecule has 0 aliphatic carbocycles. The fraction of sp³-hybridized carbons (Fsp3) is 0.316. The van der Waals surface area contributed by atoms with Crippen LogP contribution in [0.3, 0.4) is 0 Å². The van der Waals surface area contributed by atoms with Crippen molar-refractivity contribution in [3.8, 4) is 0 Å². The number of nitrogens with zero attached hydrogens (tertiary/aromatic N) is 4. The summed E-state index contributed by atoms with van der Waals surface area (Å²) < 4.78 is 25.0. The third-order valence-corrected chi connectivity index (χ3v) is 6.38. The van der Waals surface area contributed by atoms with Crippen LogP contribution in [0.4, 0.5) is 5.82 Å². The van der Waals surface area contributed by atoms with Crippen LogP contribution in [0, 0.1) is 6.92 Å². The number of sulfone groups is 1. The van der Waals surface area contributed by atoms with Gasteiger partial charge in [-0.1, -0.05) is 12.1 Å². The average molecular weight is 399 g/mol. The number of carbonyl (C=O) groups is 1. The van der Waals surface area contributed by atoms with E-state index in [1.54, 1.807) is 16.7 Å².